The number of anilines is 2. The standard InChI is InChI=1S/C12H14N4/c1-9-14-7-6-12(15-9)16-11-4-2-10(8-13)3-5-11/h2-7H,8,13H2,1H3,(H,14,15,16). The molecule has 2 aromatic rings. The Hall–Kier alpha value is -1.94. The van der Waals surface area contributed by atoms with Crippen molar-refractivity contribution in [2.45, 2.75) is 13.5 Å². The number of aromatic nitrogens is 2. The normalized spacial score (nSPS) is 10.1. The van der Waals surface area contributed by atoms with Crippen LogP contribution >= 0.6 is 0 Å². The minimum atomic E-state index is 0.562. The summed E-state index contributed by atoms with van der Waals surface area (Å²) in [5.41, 5.74) is 7.64. The molecule has 0 aliphatic carbocycles. The van der Waals surface area contributed by atoms with Gasteiger partial charge in [-0.05, 0) is 30.7 Å². The molecule has 82 valence electrons. The first-order chi connectivity index (χ1) is 7.78. The molecule has 0 saturated heterocycles. The lowest BCUT2D eigenvalue weighted by Gasteiger charge is -2.06. The van der Waals surface area contributed by atoms with Gasteiger partial charge in [-0.25, -0.2) is 9.97 Å². The fourth-order valence-electron chi connectivity index (χ4n) is 1.40. The molecule has 3 N–H and O–H groups in total. The number of aryl methyl sites for hydroxylation is 1. The van der Waals surface area contributed by atoms with Crippen LogP contribution in [0.2, 0.25) is 0 Å². The minimum absolute atomic E-state index is 0.562. The fourth-order valence-corrected chi connectivity index (χ4v) is 1.40. The number of hydrogen-bond donors (Lipinski definition) is 2. The zero-order chi connectivity index (χ0) is 11.4. The zero-order valence-electron chi connectivity index (χ0n) is 9.14. The molecule has 0 fully saturated rings. The van der Waals surface area contributed by atoms with E-state index in [1.54, 1.807) is 6.20 Å². The second-order valence-electron chi connectivity index (χ2n) is 3.52. The fraction of sp³-hybridized carbons (Fsp3) is 0.167. The molecule has 0 unspecified atom stereocenters. The Kier molecular flexibility index (Phi) is 3.12. The largest absolute Gasteiger partial charge is 0.340 e. The summed E-state index contributed by atoms with van der Waals surface area (Å²) in [6, 6.07) is 9.80. The van der Waals surface area contributed by atoms with Crippen LogP contribution in [0.4, 0.5) is 11.5 Å². The van der Waals surface area contributed by atoms with E-state index < -0.39 is 0 Å². The van der Waals surface area contributed by atoms with Crippen LogP contribution < -0.4 is 11.1 Å². The molecule has 0 atom stereocenters. The van der Waals surface area contributed by atoms with Crippen LogP contribution in [0.5, 0.6) is 0 Å². The second-order valence-corrected chi connectivity index (χ2v) is 3.52. The third-order valence-electron chi connectivity index (χ3n) is 2.24. The zero-order valence-corrected chi connectivity index (χ0v) is 9.14. The highest BCUT2D eigenvalue weighted by molar-refractivity contribution is 5.55. The lowest BCUT2D eigenvalue weighted by atomic mass is 10.2. The molecular weight excluding hydrogens is 200 g/mol. The smallest absolute Gasteiger partial charge is 0.134 e. The highest BCUT2D eigenvalue weighted by atomic mass is 15.0. The van der Waals surface area contributed by atoms with Crippen LogP contribution in [0.15, 0.2) is 36.5 Å². The maximum absolute atomic E-state index is 5.53. The molecule has 0 aliphatic heterocycles. The molecule has 4 heteroatoms. The van der Waals surface area contributed by atoms with E-state index in [0.717, 1.165) is 22.9 Å². The minimum Gasteiger partial charge on any atom is -0.340 e. The van der Waals surface area contributed by atoms with Crippen molar-refractivity contribution in [3.63, 3.8) is 0 Å². The average molecular weight is 214 g/mol. The quantitative estimate of drug-likeness (QED) is 0.820. The van der Waals surface area contributed by atoms with Gasteiger partial charge in [0.25, 0.3) is 0 Å². The van der Waals surface area contributed by atoms with E-state index in [1.165, 1.54) is 0 Å². The van der Waals surface area contributed by atoms with Crippen LogP contribution in [0.3, 0.4) is 0 Å². The maximum atomic E-state index is 5.53. The number of nitrogens with zero attached hydrogens (tertiary/aromatic N) is 2. The van der Waals surface area contributed by atoms with Gasteiger partial charge in [0.15, 0.2) is 0 Å². The molecule has 0 spiro atoms. The third kappa shape index (κ3) is 2.55. The van der Waals surface area contributed by atoms with Gasteiger partial charge >= 0.3 is 0 Å². The first-order valence-electron chi connectivity index (χ1n) is 5.13. The van der Waals surface area contributed by atoms with Gasteiger partial charge in [0, 0.05) is 18.4 Å². The summed E-state index contributed by atoms with van der Waals surface area (Å²) < 4.78 is 0. The molecule has 2 rings (SSSR count). The predicted octanol–water partition coefficient (Wildman–Crippen LogP) is 1.99. The van der Waals surface area contributed by atoms with E-state index in [0.29, 0.717) is 6.54 Å². The van der Waals surface area contributed by atoms with Gasteiger partial charge in [0.1, 0.15) is 11.6 Å². The molecule has 0 bridgehead atoms. The summed E-state index contributed by atoms with van der Waals surface area (Å²) in [7, 11) is 0. The monoisotopic (exact) mass is 214 g/mol. The number of benzene rings is 1. The number of nitrogens with one attached hydrogen (secondary N) is 1. The van der Waals surface area contributed by atoms with Gasteiger partial charge < -0.3 is 11.1 Å². The van der Waals surface area contributed by atoms with E-state index in [4.69, 9.17) is 5.73 Å². The van der Waals surface area contributed by atoms with Gasteiger partial charge in [0.2, 0.25) is 0 Å². The van der Waals surface area contributed by atoms with Crippen LogP contribution in [0.1, 0.15) is 11.4 Å². The van der Waals surface area contributed by atoms with E-state index >= 15 is 0 Å². The summed E-state index contributed by atoms with van der Waals surface area (Å²) in [6.45, 7) is 2.43. The molecule has 4 nitrogen and oxygen atoms in total. The Morgan fingerprint density at radius 2 is 1.94 bits per heavy atom. The van der Waals surface area contributed by atoms with Crippen molar-refractivity contribution >= 4 is 11.5 Å². The molecular formula is C12H14N4. The molecule has 0 saturated carbocycles. The number of rotatable bonds is 3. The van der Waals surface area contributed by atoms with E-state index in [9.17, 15) is 0 Å². The van der Waals surface area contributed by atoms with Crippen molar-refractivity contribution in [3.05, 3.63) is 47.9 Å². The first kappa shape index (κ1) is 10.6. The molecule has 0 aliphatic rings. The molecule has 1 heterocycles. The second kappa shape index (κ2) is 4.72. The Morgan fingerprint density at radius 1 is 1.19 bits per heavy atom. The highest BCUT2D eigenvalue weighted by Crippen LogP contribution is 2.14. The molecule has 0 amide bonds. The Labute approximate surface area is 94.5 Å². The van der Waals surface area contributed by atoms with Crippen molar-refractivity contribution in [2.24, 2.45) is 5.73 Å². The SMILES string of the molecule is Cc1nccc(Nc2ccc(CN)cc2)n1. The van der Waals surface area contributed by atoms with Crippen LogP contribution in [-0.2, 0) is 6.54 Å². The Bertz CT molecular complexity index is 465. The van der Waals surface area contributed by atoms with Gasteiger partial charge in [-0.2, -0.15) is 0 Å². The van der Waals surface area contributed by atoms with E-state index in [-0.39, 0.29) is 0 Å². The topological polar surface area (TPSA) is 63.8 Å². The molecule has 1 aromatic heterocycles. The van der Waals surface area contributed by atoms with E-state index in [1.807, 2.05) is 37.3 Å². The van der Waals surface area contributed by atoms with Gasteiger partial charge in [-0.1, -0.05) is 12.1 Å². The lowest BCUT2D eigenvalue weighted by Crippen LogP contribution is -1.98. The number of nitrogens with two attached hydrogens (primary N) is 1. The lowest BCUT2D eigenvalue weighted by molar-refractivity contribution is 1.05. The van der Waals surface area contributed by atoms with Gasteiger partial charge in [0.05, 0.1) is 0 Å². The van der Waals surface area contributed by atoms with Crippen molar-refractivity contribution in [2.75, 3.05) is 5.32 Å². The van der Waals surface area contributed by atoms with Crippen molar-refractivity contribution in [1.82, 2.24) is 9.97 Å². The summed E-state index contributed by atoms with van der Waals surface area (Å²) in [4.78, 5) is 8.31. The summed E-state index contributed by atoms with van der Waals surface area (Å²) in [5, 5.41) is 3.20. The first-order valence-corrected chi connectivity index (χ1v) is 5.13. The summed E-state index contributed by atoms with van der Waals surface area (Å²) in [5.74, 6) is 1.55. The summed E-state index contributed by atoms with van der Waals surface area (Å²) >= 11 is 0. The molecule has 1 aromatic carbocycles. The van der Waals surface area contributed by atoms with Crippen molar-refractivity contribution < 1.29 is 0 Å². The van der Waals surface area contributed by atoms with Crippen molar-refractivity contribution in [3.8, 4) is 0 Å². The van der Waals surface area contributed by atoms with Crippen LogP contribution in [-0.4, -0.2) is 9.97 Å². The molecule has 16 heavy (non-hydrogen) atoms. The van der Waals surface area contributed by atoms with Gasteiger partial charge in [-0.15, -0.1) is 0 Å². The highest BCUT2D eigenvalue weighted by Gasteiger charge is 1.96. The Morgan fingerprint density at radius 3 is 2.56 bits per heavy atom. The van der Waals surface area contributed by atoms with Crippen molar-refractivity contribution in [1.29, 1.82) is 0 Å². The summed E-state index contributed by atoms with van der Waals surface area (Å²) in [6.07, 6.45) is 1.74. The van der Waals surface area contributed by atoms with E-state index in [2.05, 4.69) is 15.3 Å². The Balaban J connectivity index is 2.14. The van der Waals surface area contributed by atoms with Crippen LogP contribution in [0.25, 0.3) is 0 Å². The number of hydrogen-bond acceptors (Lipinski definition) is 4. The van der Waals surface area contributed by atoms with Gasteiger partial charge in [-0.3, -0.25) is 0 Å². The third-order valence-corrected chi connectivity index (χ3v) is 2.24. The molecule has 0 radical (unpaired) electrons. The predicted molar refractivity (Wildman–Crippen MR) is 64.4 cm³/mol. The maximum Gasteiger partial charge on any atom is 0.134 e. The van der Waals surface area contributed by atoms with Crippen LogP contribution in [0, 0.1) is 6.92 Å². The average Bonchev–Trinajstić information content (AvgIpc) is 2.30.